The molecule has 0 saturated carbocycles. The Bertz CT molecular complexity index is 830. The molecule has 2 heteroatoms. The van der Waals surface area contributed by atoms with Gasteiger partial charge < -0.3 is 4.42 Å². The minimum absolute atomic E-state index is 0.289. The van der Waals surface area contributed by atoms with Gasteiger partial charge in [0.25, 0.3) is 5.78 Å². The van der Waals surface area contributed by atoms with Crippen molar-refractivity contribution in [2.24, 2.45) is 0 Å². The summed E-state index contributed by atoms with van der Waals surface area (Å²) < 4.78 is 5.60. The average molecular weight is 260 g/mol. The summed E-state index contributed by atoms with van der Waals surface area (Å²) in [5, 5.41) is 0.956. The Morgan fingerprint density at radius 3 is 2.45 bits per heavy atom. The summed E-state index contributed by atoms with van der Waals surface area (Å²) in [6, 6.07) is 17.0. The van der Waals surface area contributed by atoms with E-state index in [4.69, 9.17) is 4.42 Å². The molecule has 20 heavy (non-hydrogen) atoms. The lowest BCUT2D eigenvalue weighted by atomic mass is 10.1. The monoisotopic (exact) mass is 260 g/mol. The van der Waals surface area contributed by atoms with E-state index < -0.39 is 0 Å². The maximum Gasteiger partial charge on any atom is 0.271 e. The van der Waals surface area contributed by atoms with Crippen molar-refractivity contribution in [3.8, 4) is 11.8 Å². The van der Waals surface area contributed by atoms with Gasteiger partial charge in [-0.3, -0.25) is 4.79 Å². The first-order chi connectivity index (χ1) is 9.75. The fourth-order valence-electron chi connectivity index (χ4n) is 2.10. The molecule has 0 atom stereocenters. The van der Waals surface area contributed by atoms with Gasteiger partial charge in [0.1, 0.15) is 5.58 Å². The van der Waals surface area contributed by atoms with Crippen LogP contribution >= 0.6 is 0 Å². The van der Waals surface area contributed by atoms with E-state index in [1.54, 1.807) is 0 Å². The van der Waals surface area contributed by atoms with Crippen molar-refractivity contribution in [3.63, 3.8) is 0 Å². The second-order valence-corrected chi connectivity index (χ2v) is 4.50. The van der Waals surface area contributed by atoms with E-state index in [1.807, 2.05) is 61.5 Å². The third-order valence-corrected chi connectivity index (χ3v) is 3.14. The van der Waals surface area contributed by atoms with Crippen LogP contribution in [0.1, 0.15) is 21.7 Å². The largest absolute Gasteiger partial charge is 0.452 e. The maximum absolute atomic E-state index is 12.1. The summed E-state index contributed by atoms with van der Waals surface area (Å²) in [6.07, 6.45) is 0. The van der Waals surface area contributed by atoms with Gasteiger partial charge in [-0.05, 0) is 31.0 Å². The minimum Gasteiger partial charge on any atom is -0.452 e. The lowest BCUT2D eigenvalue weighted by Gasteiger charge is -1.89. The highest BCUT2D eigenvalue weighted by molar-refractivity contribution is 6.10. The SMILES string of the molecule is Cc1c(C(=O)C#Cc2ccccc2)oc2ccccc12. The van der Waals surface area contributed by atoms with Crippen molar-refractivity contribution in [2.75, 3.05) is 0 Å². The van der Waals surface area contributed by atoms with Crippen LogP contribution in [0.2, 0.25) is 0 Å². The van der Waals surface area contributed by atoms with Crippen molar-refractivity contribution in [2.45, 2.75) is 6.92 Å². The summed E-state index contributed by atoms with van der Waals surface area (Å²) in [4.78, 5) is 12.1. The lowest BCUT2D eigenvalue weighted by Crippen LogP contribution is -1.94. The predicted molar refractivity (Wildman–Crippen MR) is 78.6 cm³/mol. The summed E-state index contributed by atoms with van der Waals surface area (Å²) in [5.74, 6) is 5.53. The van der Waals surface area contributed by atoms with Gasteiger partial charge in [0.05, 0.1) is 0 Å². The molecule has 0 amide bonds. The number of carbonyl (C=O) groups excluding carboxylic acids is 1. The third-order valence-electron chi connectivity index (χ3n) is 3.14. The van der Waals surface area contributed by atoms with Crippen LogP contribution in [-0.2, 0) is 0 Å². The second kappa shape index (κ2) is 5.07. The van der Waals surface area contributed by atoms with Gasteiger partial charge in [-0.2, -0.15) is 0 Å². The van der Waals surface area contributed by atoms with Gasteiger partial charge in [-0.25, -0.2) is 0 Å². The van der Waals surface area contributed by atoms with Gasteiger partial charge in [-0.15, -0.1) is 0 Å². The Balaban J connectivity index is 1.98. The zero-order chi connectivity index (χ0) is 13.9. The van der Waals surface area contributed by atoms with Crippen LogP contribution < -0.4 is 0 Å². The van der Waals surface area contributed by atoms with E-state index in [1.165, 1.54) is 0 Å². The Morgan fingerprint density at radius 1 is 1.00 bits per heavy atom. The molecule has 0 N–H and O–H groups in total. The number of hydrogen-bond acceptors (Lipinski definition) is 2. The number of benzene rings is 2. The first kappa shape index (κ1) is 12.3. The molecule has 0 aliphatic rings. The first-order valence-electron chi connectivity index (χ1n) is 6.35. The summed E-state index contributed by atoms with van der Waals surface area (Å²) >= 11 is 0. The number of furan rings is 1. The number of rotatable bonds is 1. The Labute approximate surface area is 117 Å². The van der Waals surface area contributed by atoms with Crippen molar-refractivity contribution < 1.29 is 9.21 Å². The molecule has 0 radical (unpaired) electrons. The topological polar surface area (TPSA) is 30.2 Å². The van der Waals surface area contributed by atoms with E-state index >= 15 is 0 Å². The molecule has 96 valence electrons. The van der Waals surface area contributed by atoms with Gasteiger partial charge >= 0.3 is 0 Å². The van der Waals surface area contributed by atoms with Crippen LogP contribution in [0.15, 0.2) is 59.0 Å². The van der Waals surface area contributed by atoms with Gasteiger partial charge in [0.2, 0.25) is 0 Å². The van der Waals surface area contributed by atoms with Crippen LogP contribution in [0.25, 0.3) is 11.0 Å². The third kappa shape index (κ3) is 2.22. The van der Waals surface area contributed by atoms with E-state index in [9.17, 15) is 4.79 Å². The highest BCUT2D eigenvalue weighted by atomic mass is 16.3. The van der Waals surface area contributed by atoms with Crippen LogP contribution in [0.4, 0.5) is 0 Å². The smallest absolute Gasteiger partial charge is 0.271 e. The summed E-state index contributed by atoms with van der Waals surface area (Å²) in [6.45, 7) is 1.88. The molecule has 1 heterocycles. The number of carbonyl (C=O) groups is 1. The Morgan fingerprint density at radius 2 is 1.70 bits per heavy atom. The molecular formula is C18H12O2. The van der Waals surface area contributed by atoms with Gasteiger partial charge in [0, 0.05) is 16.5 Å². The lowest BCUT2D eigenvalue weighted by molar-refractivity contribution is 0.103. The normalized spacial score (nSPS) is 10.1. The molecule has 0 aliphatic heterocycles. The quantitative estimate of drug-likeness (QED) is 0.489. The molecule has 3 aromatic rings. The van der Waals surface area contributed by atoms with Crippen LogP contribution in [0, 0.1) is 18.8 Å². The highest BCUT2D eigenvalue weighted by Crippen LogP contribution is 2.24. The van der Waals surface area contributed by atoms with Crippen molar-refractivity contribution >= 4 is 16.8 Å². The fraction of sp³-hybridized carbons (Fsp3) is 0.0556. The Kier molecular flexibility index (Phi) is 3.10. The van der Waals surface area contributed by atoms with Crippen molar-refractivity contribution in [3.05, 3.63) is 71.5 Å². The maximum atomic E-state index is 12.1. The number of hydrogen-bond donors (Lipinski definition) is 0. The molecule has 2 nitrogen and oxygen atoms in total. The first-order valence-corrected chi connectivity index (χ1v) is 6.35. The van der Waals surface area contributed by atoms with E-state index in [0.717, 1.165) is 22.1 Å². The standard InChI is InChI=1S/C18H12O2/c1-13-15-9-5-6-10-17(15)20-18(13)16(19)12-11-14-7-3-2-4-8-14/h2-10H,1H3. The predicted octanol–water partition coefficient (Wildman–Crippen LogP) is 3.98. The number of ketones is 1. The molecule has 2 aromatic carbocycles. The molecule has 0 fully saturated rings. The van der Waals surface area contributed by atoms with E-state index in [-0.39, 0.29) is 5.78 Å². The number of para-hydroxylation sites is 1. The van der Waals surface area contributed by atoms with Gasteiger partial charge in [-0.1, -0.05) is 42.3 Å². The summed E-state index contributed by atoms with van der Waals surface area (Å²) in [7, 11) is 0. The number of fused-ring (bicyclic) bond motifs is 1. The molecule has 0 aliphatic carbocycles. The number of aryl methyl sites for hydroxylation is 1. The van der Waals surface area contributed by atoms with Crippen LogP contribution in [0.3, 0.4) is 0 Å². The van der Waals surface area contributed by atoms with Crippen molar-refractivity contribution in [1.82, 2.24) is 0 Å². The molecule has 0 saturated heterocycles. The van der Waals surface area contributed by atoms with E-state index in [2.05, 4.69) is 11.8 Å². The van der Waals surface area contributed by atoms with Crippen LogP contribution in [-0.4, -0.2) is 5.78 Å². The molecule has 3 rings (SSSR count). The van der Waals surface area contributed by atoms with Gasteiger partial charge in [0.15, 0.2) is 5.76 Å². The molecule has 1 aromatic heterocycles. The average Bonchev–Trinajstić information content (AvgIpc) is 2.84. The molecule has 0 bridgehead atoms. The summed E-state index contributed by atoms with van der Waals surface area (Å²) in [5.41, 5.74) is 2.37. The van der Waals surface area contributed by atoms with Crippen molar-refractivity contribution in [1.29, 1.82) is 0 Å². The fourth-order valence-corrected chi connectivity index (χ4v) is 2.10. The minimum atomic E-state index is -0.289. The highest BCUT2D eigenvalue weighted by Gasteiger charge is 2.15. The molecular weight excluding hydrogens is 248 g/mol. The Hall–Kier alpha value is -2.79. The molecule has 0 spiro atoms. The second-order valence-electron chi connectivity index (χ2n) is 4.50. The zero-order valence-corrected chi connectivity index (χ0v) is 11.0. The van der Waals surface area contributed by atoms with Crippen LogP contribution in [0.5, 0.6) is 0 Å². The molecule has 0 unspecified atom stereocenters. The number of Topliss-reactive ketones (excluding diaryl/α,β-unsaturated/α-hetero) is 1. The zero-order valence-electron chi connectivity index (χ0n) is 11.0. The van der Waals surface area contributed by atoms with E-state index in [0.29, 0.717) is 5.76 Å².